The summed E-state index contributed by atoms with van der Waals surface area (Å²) in [5.74, 6) is 4.21. The molecule has 1 saturated carbocycles. The average Bonchev–Trinajstić information content (AvgIpc) is 2.36. The number of nitrogens with zero attached hydrogens (tertiary/aromatic N) is 3. The Kier molecular flexibility index (Phi) is 4.84. The average molecular weight is 276 g/mol. The van der Waals surface area contributed by atoms with Crippen molar-refractivity contribution in [3.63, 3.8) is 0 Å². The van der Waals surface area contributed by atoms with E-state index in [1.807, 2.05) is 0 Å². The largest absolute Gasteiger partial charge is 0.370 e. The van der Waals surface area contributed by atoms with Gasteiger partial charge in [-0.15, -0.1) is 0 Å². The maximum atomic E-state index is 4.80. The predicted octanol–water partition coefficient (Wildman–Crippen LogP) is 3.58. The first-order valence-electron chi connectivity index (χ1n) is 7.86. The van der Waals surface area contributed by atoms with Crippen LogP contribution in [0.4, 0.5) is 11.6 Å². The number of hydrogen-bond donors (Lipinski definition) is 1. The molecule has 0 unspecified atom stereocenters. The molecule has 112 valence electrons. The molecule has 1 aromatic heterocycles. The third kappa shape index (κ3) is 3.22. The molecule has 0 bridgehead atoms. The third-order valence-corrected chi connectivity index (χ3v) is 4.12. The van der Waals surface area contributed by atoms with Crippen LogP contribution < -0.4 is 10.2 Å². The SMILES string of the molecule is CCNc1nc(C(C)C)nc(N(C)CC2CCC2)c1C. The molecule has 1 N–H and O–H groups in total. The van der Waals surface area contributed by atoms with E-state index in [2.05, 4.69) is 49.9 Å². The van der Waals surface area contributed by atoms with Gasteiger partial charge in [0.05, 0.1) is 0 Å². The van der Waals surface area contributed by atoms with E-state index < -0.39 is 0 Å². The van der Waals surface area contributed by atoms with E-state index in [0.29, 0.717) is 5.92 Å². The van der Waals surface area contributed by atoms with Crippen molar-refractivity contribution in [2.75, 3.05) is 30.4 Å². The van der Waals surface area contributed by atoms with Crippen LogP contribution in [-0.2, 0) is 0 Å². The predicted molar refractivity (Wildman–Crippen MR) is 85.6 cm³/mol. The number of nitrogens with one attached hydrogen (secondary N) is 1. The first-order chi connectivity index (χ1) is 9.52. The summed E-state index contributed by atoms with van der Waals surface area (Å²) in [6.07, 6.45) is 4.12. The monoisotopic (exact) mass is 276 g/mol. The van der Waals surface area contributed by atoms with Crippen molar-refractivity contribution in [3.05, 3.63) is 11.4 Å². The van der Waals surface area contributed by atoms with E-state index in [1.165, 1.54) is 19.3 Å². The fraction of sp³-hybridized carbons (Fsp3) is 0.750. The lowest BCUT2D eigenvalue weighted by molar-refractivity contribution is 0.321. The number of hydrogen-bond acceptors (Lipinski definition) is 4. The molecule has 0 amide bonds. The van der Waals surface area contributed by atoms with Crippen molar-refractivity contribution >= 4 is 11.6 Å². The highest BCUT2D eigenvalue weighted by Crippen LogP contribution is 2.30. The first kappa shape index (κ1) is 15.1. The van der Waals surface area contributed by atoms with Crippen molar-refractivity contribution in [2.45, 2.75) is 52.9 Å². The zero-order valence-electron chi connectivity index (χ0n) is 13.5. The van der Waals surface area contributed by atoms with E-state index in [4.69, 9.17) is 4.98 Å². The zero-order valence-corrected chi connectivity index (χ0v) is 13.5. The molecule has 0 radical (unpaired) electrons. The number of rotatable bonds is 6. The summed E-state index contributed by atoms with van der Waals surface area (Å²) in [7, 11) is 2.16. The highest BCUT2D eigenvalue weighted by atomic mass is 15.2. The van der Waals surface area contributed by atoms with Gasteiger partial charge in [-0.05, 0) is 32.6 Å². The smallest absolute Gasteiger partial charge is 0.137 e. The minimum absolute atomic E-state index is 0.351. The van der Waals surface area contributed by atoms with Gasteiger partial charge in [0.15, 0.2) is 0 Å². The van der Waals surface area contributed by atoms with Gasteiger partial charge in [-0.2, -0.15) is 0 Å². The van der Waals surface area contributed by atoms with Gasteiger partial charge in [-0.25, -0.2) is 9.97 Å². The van der Waals surface area contributed by atoms with E-state index >= 15 is 0 Å². The Morgan fingerprint density at radius 1 is 1.30 bits per heavy atom. The van der Waals surface area contributed by atoms with Crippen molar-refractivity contribution in [2.24, 2.45) is 5.92 Å². The minimum atomic E-state index is 0.351. The second kappa shape index (κ2) is 6.42. The topological polar surface area (TPSA) is 41.1 Å². The summed E-state index contributed by atoms with van der Waals surface area (Å²) in [6, 6.07) is 0. The van der Waals surface area contributed by atoms with Crippen molar-refractivity contribution in [3.8, 4) is 0 Å². The molecule has 0 saturated heterocycles. The second-order valence-electron chi connectivity index (χ2n) is 6.24. The van der Waals surface area contributed by atoms with Crippen LogP contribution in [0, 0.1) is 12.8 Å². The summed E-state index contributed by atoms with van der Waals surface area (Å²) >= 11 is 0. The number of aromatic nitrogens is 2. The van der Waals surface area contributed by atoms with Crippen LogP contribution in [0.15, 0.2) is 0 Å². The molecule has 1 aliphatic carbocycles. The Hall–Kier alpha value is -1.32. The van der Waals surface area contributed by atoms with Crippen LogP contribution in [0.5, 0.6) is 0 Å². The van der Waals surface area contributed by atoms with Gasteiger partial charge in [0.2, 0.25) is 0 Å². The van der Waals surface area contributed by atoms with Crippen LogP contribution in [-0.4, -0.2) is 30.1 Å². The molecule has 1 heterocycles. The lowest BCUT2D eigenvalue weighted by atomic mass is 9.85. The van der Waals surface area contributed by atoms with Crippen LogP contribution in [0.3, 0.4) is 0 Å². The molecular formula is C16H28N4. The number of anilines is 2. The standard InChI is InChI=1S/C16H28N4/c1-6-17-15-12(4)16(19-14(18-15)11(2)3)20(5)10-13-8-7-9-13/h11,13H,6-10H2,1-5H3,(H,17,18,19). The molecule has 4 heteroatoms. The molecule has 20 heavy (non-hydrogen) atoms. The first-order valence-corrected chi connectivity index (χ1v) is 7.86. The third-order valence-electron chi connectivity index (χ3n) is 4.12. The van der Waals surface area contributed by atoms with Crippen LogP contribution in [0.1, 0.15) is 57.3 Å². The molecule has 0 atom stereocenters. The summed E-state index contributed by atoms with van der Waals surface area (Å²) in [4.78, 5) is 11.8. The van der Waals surface area contributed by atoms with Gasteiger partial charge >= 0.3 is 0 Å². The zero-order chi connectivity index (χ0) is 14.7. The lowest BCUT2D eigenvalue weighted by Gasteiger charge is -2.32. The van der Waals surface area contributed by atoms with Crippen LogP contribution in [0.25, 0.3) is 0 Å². The van der Waals surface area contributed by atoms with E-state index in [9.17, 15) is 0 Å². The fourth-order valence-electron chi connectivity index (χ4n) is 2.64. The maximum Gasteiger partial charge on any atom is 0.137 e. The second-order valence-corrected chi connectivity index (χ2v) is 6.24. The maximum absolute atomic E-state index is 4.80. The Labute approximate surface area is 123 Å². The summed E-state index contributed by atoms with van der Waals surface area (Å²) < 4.78 is 0. The molecule has 0 spiro atoms. The Morgan fingerprint density at radius 3 is 2.50 bits per heavy atom. The molecular weight excluding hydrogens is 248 g/mol. The Morgan fingerprint density at radius 2 is 2.00 bits per heavy atom. The van der Waals surface area contributed by atoms with Crippen molar-refractivity contribution < 1.29 is 0 Å². The molecule has 4 nitrogen and oxygen atoms in total. The van der Waals surface area contributed by atoms with Gasteiger partial charge in [-0.1, -0.05) is 20.3 Å². The normalized spacial score (nSPS) is 15.3. The molecule has 0 aliphatic heterocycles. The molecule has 0 aromatic carbocycles. The Balaban J connectivity index is 2.28. The molecule has 1 aliphatic rings. The van der Waals surface area contributed by atoms with Gasteiger partial charge in [-0.3, -0.25) is 0 Å². The van der Waals surface area contributed by atoms with Gasteiger partial charge in [0, 0.05) is 31.6 Å². The van der Waals surface area contributed by atoms with Crippen LogP contribution >= 0.6 is 0 Å². The van der Waals surface area contributed by atoms with E-state index in [-0.39, 0.29) is 0 Å². The quantitative estimate of drug-likeness (QED) is 0.862. The highest BCUT2D eigenvalue weighted by molar-refractivity contribution is 5.58. The van der Waals surface area contributed by atoms with E-state index in [0.717, 1.165) is 42.0 Å². The lowest BCUT2D eigenvalue weighted by Crippen LogP contribution is -2.31. The molecule has 1 aromatic rings. The molecule has 1 fully saturated rings. The van der Waals surface area contributed by atoms with Crippen molar-refractivity contribution in [1.29, 1.82) is 0 Å². The summed E-state index contributed by atoms with van der Waals surface area (Å²) in [6.45, 7) is 10.5. The Bertz CT molecular complexity index is 452. The van der Waals surface area contributed by atoms with Gasteiger partial charge in [0.25, 0.3) is 0 Å². The summed E-state index contributed by atoms with van der Waals surface area (Å²) in [5, 5.41) is 3.37. The van der Waals surface area contributed by atoms with Crippen LogP contribution in [0.2, 0.25) is 0 Å². The highest BCUT2D eigenvalue weighted by Gasteiger charge is 2.22. The fourth-order valence-corrected chi connectivity index (χ4v) is 2.64. The van der Waals surface area contributed by atoms with Gasteiger partial charge in [0.1, 0.15) is 17.5 Å². The summed E-state index contributed by atoms with van der Waals surface area (Å²) in [5.41, 5.74) is 1.16. The van der Waals surface area contributed by atoms with E-state index in [1.54, 1.807) is 0 Å². The molecule has 2 rings (SSSR count). The van der Waals surface area contributed by atoms with Crippen molar-refractivity contribution in [1.82, 2.24) is 9.97 Å². The minimum Gasteiger partial charge on any atom is -0.370 e. The van der Waals surface area contributed by atoms with Gasteiger partial charge < -0.3 is 10.2 Å².